The molecule has 0 aromatic rings. The van der Waals surface area contributed by atoms with Gasteiger partial charge in [0.05, 0.1) is 19.8 Å². The fourth-order valence-corrected chi connectivity index (χ4v) is 7.99. The molecule has 0 aliphatic carbocycles. The number of ether oxygens (including phenoxy) is 6. The maximum Gasteiger partial charge on any atom is 0.306 e. The Hall–Kier alpha value is -3.06. The van der Waals surface area contributed by atoms with Crippen LogP contribution in [0.15, 0.2) is 73.4 Å². The van der Waals surface area contributed by atoms with E-state index in [0.29, 0.717) is 12.8 Å². The van der Waals surface area contributed by atoms with Crippen molar-refractivity contribution >= 4 is 11.9 Å². The van der Waals surface area contributed by atoms with E-state index in [9.17, 15) is 45.3 Å². The van der Waals surface area contributed by atoms with Crippen LogP contribution in [0, 0.1) is 0 Å². The number of hydrogen-bond donors (Lipinski definition) is 7. The second-order valence-corrected chi connectivity index (χ2v) is 18.4. The van der Waals surface area contributed by atoms with Crippen LogP contribution >= 0.6 is 0 Å². The summed E-state index contributed by atoms with van der Waals surface area (Å²) in [5.41, 5.74) is 0. The van der Waals surface area contributed by atoms with E-state index in [1.165, 1.54) is 57.8 Å². The van der Waals surface area contributed by atoms with Gasteiger partial charge in [-0.2, -0.15) is 0 Å². The van der Waals surface area contributed by atoms with Gasteiger partial charge in [0.2, 0.25) is 0 Å². The highest BCUT2D eigenvalue weighted by atomic mass is 16.7. The quantitative estimate of drug-likeness (QED) is 0.0176. The van der Waals surface area contributed by atoms with Crippen LogP contribution in [0.25, 0.3) is 0 Å². The van der Waals surface area contributed by atoms with Crippen molar-refractivity contribution in [1.82, 2.24) is 0 Å². The molecule has 0 aromatic heterocycles. The number of unbranched alkanes of at least 4 members (excludes halogenated alkanes) is 16. The van der Waals surface area contributed by atoms with E-state index >= 15 is 0 Å². The van der Waals surface area contributed by atoms with Crippen LogP contribution in [0.1, 0.15) is 167 Å². The fraction of sp³-hybridized carbons (Fsp3) is 0.745. The lowest BCUT2D eigenvalue weighted by Gasteiger charge is -2.42. The Kier molecular flexibility index (Phi) is 37.3. The third-order valence-electron chi connectivity index (χ3n) is 12.3. The van der Waals surface area contributed by atoms with Crippen molar-refractivity contribution in [2.24, 2.45) is 0 Å². The molecule has 2 aliphatic heterocycles. The molecule has 0 amide bonds. The summed E-state index contributed by atoms with van der Waals surface area (Å²) in [7, 11) is 0. The molecule has 402 valence electrons. The van der Waals surface area contributed by atoms with E-state index in [1.54, 1.807) is 0 Å². The Morgan fingerprint density at radius 1 is 0.500 bits per heavy atom. The molecule has 70 heavy (non-hydrogen) atoms. The molecule has 2 aliphatic rings. The van der Waals surface area contributed by atoms with Crippen LogP contribution in [-0.2, 0) is 38.0 Å². The molecule has 11 atom stereocenters. The molecule has 15 nitrogen and oxygen atoms in total. The van der Waals surface area contributed by atoms with E-state index in [2.05, 4.69) is 74.3 Å². The first-order valence-electron chi connectivity index (χ1n) is 26.5. The summed E-state index contributed by atoms with van der Waals surface area (Å²) in [6, 6.07) is 0. The van der Waals surface area contributed by atoms with Crippen molar-refractivity contribution < 1.29 is 73.8 Å². The number of aliphatic hydroxyl groups excluding tert-OH is 7. The van der Waals surface area contributed by atoms with Gasteiger partial charge in [0.1, 0.15) is 55.4 Å². The molecule has 0 bridgehead atoms. The molecule has 0 spiro atoms. The average molecular weight is 993 g/mol. The highest BCUT2D eigenvalue weighted by Gasteiger charge is 2.47. The van der Waals surface area contributed by atoms with Gasteiger partial charge >= 0.3 is 11.9 Å². The van der Waals surface area contributed by atoms with Crippen molar-refractivity contribution in [2.75, 3.05) is 26.4 Å². The first-order chi connectivity index (χ1) is 34.0. The monoisotopic (exact) mass is 993 g/mol. The van der Waals surface area contributed by atoms with E-state index < -0.39 is 99.3 Å². The predicted octanol–water partition coefficient (Wildman–Crippen LogP) is 7.82. The van der Waals surface area contributed by atoms with Crippen molar-refractivity contribution in [1.29, 1.82) is 0 Å². The molecule has 4 unspecified atom stereocenters. The van der Waals surface area contributed by atoms with Crippen LogP contribution in [0.2, 0.25) is 0 Å². The van der Waals surface area contributed by atoms with Gasteiger partial charge in [-0.05, 0) is 70.6 Å². The van der Waals surface area contributed by atoms with Crippen molar-refractivity contribution in [3.05, 3.63) is 73.4 Å². The first kappa shape index (κ1) is 63.1. The lowest BCUT2D eigenvalue weighted by atomic mass is 9.98. The lowest BCUT2D eigenvalue weighted by Crippen LogP contribution is -2.61. The van der Waals surface area contributed by atoms with E-state index in [1.807, 2.05) is 6.08 Å². The van der Waals surface area contributed by atoms with Gasteiger partial charge in [-0.3, -0.25) is 9.59 Å². The second kappa shape index (κ2) is 41.4. The highest BCUT2D eigenvalue weighted by Crippen LogP contribution is 2.26. The smallest absolute Gasteiger partial charge is 0.306 e. The molecule has 0 aromatic carbocycles. The second-order valence-electron chi connectivity index (χ2n) is 18.4. The van der Waals surface area contributed by atoms with Crippen LogP contribution in [0.4, 0.5) is 0 Å². The zero-order chi connectivity index (χ0) is 51.0. The largest absolute Gasteiger partial charge is 0.462 e. The third-order valence-corrected chi connectivity index (χ3v) is 12.3. The molecule has 15 heteroatoms. The zero-order valence-corrected chi connectivity index (χ0v) is 42.3. The van der Waals surface area contributed by atoms with Gasteiger partial charge in [0, 0.05) is 12.8 Å². The maximum atomic E-state index is 13.0. The summed E-state index contributed by atoms with van der Waals surface area (Å²) < 4.78 is 33.6. The number of carbonyl (C=O) groups excluding carboxylic acids is 2. The number of hydrogen-bond acceptors (Lipinski definition) is 15. The SMILES string of the molecule is C=CCCCCCCCCCCCCCCCC(=O)O[C@@H](COC(=O)CCCCC/C=C/C/C=C/C/C=C/C/C=C/C/C=C/CC)CO[C@@H]1O[C@H](CO[C@@H]2O[C@H](CO)[C@H](O)C(O)C2O)[C@H](O)C(O)C1O. The Balaban J connectivity index is 1.81. The standard InChI is InChI=1S/C55H92O15/c1-3-5-7-9-11-13-15-17-19-20-21-22-24-25-27-29-31-33-35-37-46(57)65-40-43(68-47(58)38-36-34-32-30-28-26-23-18-16-14-12-10-8-6-4-2)41-66-54-53(64)51(62)49(60)45(70-54)42-67-55-52(63)50(61)48(59)44(39-56)69-55/h4-5,7,11,13,17,19,21-22,25,27,43-45,48-56,59-64H,2-3,6,8-10,12,14-16,18,20,23-24,26,28-42H2,1H3/b7-5+,13-11+,19-17+,22-21+,27-25+/t43-,44+,45+,48-,49-,50?,51?,52?,53?,54+,55+/m0/s1. The topological polar surface area (TPSA) is 231 Å². The van der Waals surface area contributed by atoms with Gasteiger partial charge in [-0.1, -0.05) is 151 Å². The Morgan fingerprint density at radius 3 is 1.46 bits per heavy atom. The Bertz CT molecular complexity index is 1480. The molecular weight excluding hydrogens is 901 g/mol. The molecule has 0 radical (unpaired) electrons. The fourth-order valence-electron chi connectivity index (χ4n) is 7.99. The number of rotatable bonds is 41. The van der Waals surface area contributed by atoms with Crippen LogP contribution < -0.4 is 0 Å². The molecule has 2 rings (SSSR count). The molecule has 0 saturated carbocycles. The van der Waals surface area contributed by atoms with Gasteiger partial charge in [0.15, 0.2) is 18.7 Å². The first-order valence-corrected chi connectivity index (χ1v) is 26.5. The predicted molar refractivity (Wildman–Crippen MR) is 270 cm³/mol. The van der Waals surface area contributed by atoms with Gasteiger partial charge < -0.3 is 64.2 Å². The van der Waals surface area contributed by atoms with Crippen molar-refractivity contribution in [3.63, 3.8) is 0 Å². The number of allylic oxidation sites excluding steroid dienone is 11. The van der Waals surface area contributed by atoms with Crippen LogP contribution in [0.3, 0.4) is 0 Å². The average Bonchev–Trinajstić information content (AvgIpc) is 3.35. The van der Waals surface area contributed by atoms with E-state index in [0.717, 1.165) is 77.0 Å². The van der Waals surface area contributed by atoms with Crippen molar-refractivity contribution in [3.8, 4) is 0 Å². The summed E-state index contributed by atoms with van der Waals surface area (Å²) in [5.74, 6) is -0.969. The normalized spacial score (nSPS) is 25.8. The number of carbonyl (C=O) groups is 2. The van der Waals surface area contributed by atoms with Gasteiger partial charge in [-0.25, -0.2) is 0 Å². The summed E-state index contributed by atoms with van der Waals surface area (Å²) in [6.07, 6.45) is 31.0. The van der Waals surface area contributed by atoms with Crippen LogP contribution in [0.5, 0.6) is 0 Å². The number of esters is 2. The zero-order valence-electron chi connectivity index (χ0n) is 42.3. The van der Waals surface area contributed by atoms with Crippen LogP contribution in [-0.4, -0.2) is 142 Å². The molecule has 7 N–H and O–H groups in total. The summed E-state index contributed by atoms with van der Waals surface area (Å²) in [5, 5.41) is 72.1. The Morgan fingerprint density at radius 2 is 0.929 bits per heavy atom. The molecule has 2 heterocycles. The molecule has 2 fully saturated rings. The van der Waals surface area contributed by atoms with E-state index in [4.69, 9.17) is 28.4 Å². The highest BCUT2D eigenvalue weighted by molar-refractivity contribution is 5.70. The molecular formula is C55H92O15. The summed E-state index contributed by atoms with van der Waals surface area (Å²) >= 11 is 0. The van der Waals surface area contributed by atoms with E-state index in [-0.39, 0.29) is 19.4 Å². The number of aliphatic hydroxyl groups is 7. The minimum Gasteiger partial charge on any atom is -0.462 e. The van der Waals surface area contributed by atoms with Crippen molar-refractivity contribution in [2.45, 2.75) is 235 Å². The lowest BCUT2D eigenvalue weighted by molar-refractivity contribution is -0.332. The molecule has 2 saturated heterocycles. The maximum absolute atomic E-state index is 13.0. The summed E-state index contributed by atoms with van der Waals surface area (Å²) in [4.78, 5) is 25.8. The summed E-state index contributed by atoms with van der Waals surface area (Å²) in [6.45, 7) is 3.97. The van der Waals surface area contributed by atoms with Gasteiger partial charge in [0.25, 0.3) is 0 Å². The Labute approximate surface area is 419 Å². The minimum atomic E-state index is -1.77. The van der Waals surface area contributed by atoms with Gasteiger partial charge in [-0.15, -0.1) is 6.58 Å². The third kappa shape index (κ3) is 28.8. The minimum absolute atomic E-state index is 0.153.